The second kappa shape index (κ2) is 9.29. The van der Waals surface area contributed by atoms with E-state index in [1.807, 2.05) is 36.1 Å². The number of nitrogens with zero attached hydrogens (tertiary/aromatic N) is 1. The SMILES string of the molecule is CCN(Cc1ccccc1Cl)C(=O)CCC1CCCN1.Cl. The Balaban J connectivity index is 0.00000220. The number of amides is 1. The molecule has 118 valence electrons. The van der Waals surface area contributed by atoms with Crippen molar-refractivity contribution in [1.29, 1.82) is 0 Å². The number of hydrogen-bond acceptors (Lipinski definition) is 2. The van der Waals surface area contributed by atoms with Crippen LogP contribution in [-0.4, -0.2) is 29.9 Å². The summed E-state index contributed by atoms with van der Waals surface area (Å²) in [6, 6.07) is 8.25. The van der Waals surface area contributed by atoms with Gasteiger partial charge in [-0.05, 0) is 44.4 Å². The summed E-state index contributed by atoms with van der Waals surface area (Å²) in [5, 5.41) is 4.17. The molecular weight excluding hydrogens is 307 g/mol. The minimum absolute atomic E-state index is 0. The van der Waals surface area contributed by atoms with Crippen LogP contribution in [0.15, 0.2) is 24.3 Å². The quantitative estimate of drug-likeness (QED) is 0.863. The average Bonchev–Trinajstić information content (AvgIpc) is 2.97. The van der Waals surface area contributed by atoms with Gasteiger partial charge in [-0.25, -0.2) is 0 Å². The molecular formula is C16H24Cl2N2O. The first-order chi connectivity index (χ1) is 9.70. The van der Waals surface area contributed by atoms with Gasteiger partial charge in [-0.15, -0.1) is 12.4 Å². The van der Waals surface area contributed by atoms with E-state index < -0.39 is 0 Å². The summed E-state index contributed by atoms with van der Waals surface area (Å²) in [4.78, 5) is 14.2. The Morgan fingerprint density at radius 3 is 2.81 bits per heavy atom. The van der Waals surface area contributed by atoms with Gasteiger partial charge in [0.15, 0.2) is 0 Å². The van der Waals surface area contributed by atoms with Crippen LogP contribution < -0.4 is 5.32 Å². The number of benzene rings is 1. The highest BCUT2D eigenvalue weighted by Gasteiger charge is 2.18. The highest BCUT2D eigenvalue weighted by molar-refractivity contribution is 6.31. The summed E-state index contributed by atoms with van der Waals surface area (Å²) in [6.45, 7) is 4.44. The van der Waals surface area contributed by atoms with Gasteiger partial charge < -0.3 is 10.2 Å². The summed E-state index contributed by atoms with van der Waals surface area (Å²) >= 11 is 6.16. The number of rotatable bonds is 6. The summed E-state index contributed by atoms with van der Waals surface area (Å²) in [6.07, 6.45) is 3.99. The van der Waals surface area contributed by atoms with Gasteiger partial charge in [0.2, 0.25) is 5.91 Å². The lowest BCUT2D eigenvalue weighted by atomic mass is 10.1. The van der Waals surface area contributed by atoms with Crippen molar-refractivity contribution in [2.24, 2.45) is 0 Å². The molecule has 0 bridgehead atoms. The molecule has 21 heavy (non-hydrogen) atoms. The van der Waals surface area contributed by atoms with E-state index in [4.69, 9.17) is 11.6 Å². The molecule has 2 rings (SSSR count). The molecule has 0 aliphatic carbocycles. The monoisotopic (exact) mass is 330 g/mol. The third kappa shape index (κ3) is 5.50. The molecule has 0 saturated carbocycles. The Labute approximate surface area is 138 Å². The fourth-order valence-electron chi connectivity index (χ4n) is 2.67. The Hall–Kier alpha value is -0.770. The summed E-state index contributed by atoms with van der Waals surface area (Å²) < 4.78 is 0. The molecule has 3 nitrogen and oxygen atoms in total. The maximum absolute atomic E-state index is 12.3. The van der Waals surface area contributed by atoms with Crippen LogP contribution >= 0.6 is 24.0 Å². The number of halogens is 2. The molecule has 0 radical (unpaired) electrons. The van der Waals surface area contributed by atoms with E-state index >= 15 is 0 Å². The highest BCUT2D eigenvalue weighted by Crippen LogP contribution is 2.18. The molecule has 5 heteroatoms. The lowest BCUT2D eigenvalue weighted by Crippen LogP contribution is -2.32. The number of carbonyl (C=O) groups is 1. The second-order valence-corrected chi connectivity index (χ2v) is 5.74. The third-order valence-corrected chi connectivity index (χ3v) is 4.29. The summed E-state index contributed by atoms with van der Waals surface area (Å²) in [5.41, 5.74) is 1.02. The van der Waals surface area contributed by atoms with Crippen LogP contribution in [0.3, 0.4) is 0 Å². The molecule has 1 aromatic rings. The van der Waals surface area contributed by atoms with Crippen LogP contribution in [0, 0.1) is 0 Å². The molecule has 1 atom stereocenters. The molecule has 1 amide bonds. The van der Waals surface area contributed by atoms with Crippen LogP contribution in [0.25, 0.3) is 0 Å². The normalized spacial score (nSPS) is 17.3. The van der Waals surface area contributed by atoms with E-state index in [0.29, 0.717) is 19.0 Å². The Morgan fingerprint density at radius 1 is 1.43 bits per heavy atom. The smallest absolute Gasteiger partial charge is 0.222 e. The Bertz CT molecular complexity index is 448. The third-order valence-electron chi connectivity index (χ3n) is 3.92. The number of hydrogen-bond donors (Lipinski definition) is 1. The molecule has 0 aromatic heterocycles. The second-order valence-electron chi connectivity index (χ2n) is 5.33. The van der Waals surface area contributed by atoms with Gasteiger partial charge in [-0.1, -0.05) is 29.8 Å². The van der Waals surface area contributed by atoms with Crippen LogP contribution in [0.4, 0.5) is 0 Å². The first-order valence-electron chi connectivity index (χ1n) is 7.45. The van der Waals surface area contributed by atoms with E-state index in [2.05, 4.69) is 5.32 Å². The van der Waals surface area contributed by atoms with Crippen molar-refractivity contribution >= 4 is 29.9 Å². The summed E-state index contributed by atoms with van der Waals surface area (Å²) in [7, 11) is 0. The largest absolute Gasteiger partial charge is 0.339 e. The van der Waals surface area contributed by atoms with Crippen molar-refractivity contribution in [2.45, 2.75) is 45.2 Å². The minimum atomic E-state index is 0. The highest BCUT2D eigenvalue weighted by atomic mass is 35.5. The topological polar surface area (TPSA) is 32.3 Å². The van der Waals surface area contributed by atoms with Crippen LogP contribution in [0.2, 0.25) is 5.02 Å². The summed E-state index contributed by atoms with van der Waals surface area (Å²) in [5.74, 6) is 0.223. The van der Waals surface area contributed by atoms with Crippen molar-refractivity contribution in [3.05, 3.63) is 34.9 Å². The zero-order chi connectivity index (χ0) is 14.4. The molecule has 1 heterocycles. The van der Waals surface area contributed by atoms with E-state index in [-0.39, 0.29) is 18.3 Å². The van der Waals surface area contributed by atoms with E-state index in [1.54, 1.807) is 0 Å². The van der Waals surface area contributed by atoms with Crippen molar-refractivity contribution in [1.82, 2.24) is 10.2 Å². The zero-order valence-electron chi connectivity index (χ0n) is 12.5. The Kier molecular flexibility index (Phi) is 8.09. The predicted octanol–water partition coefficient (Wildman–Crippen LogP) is 3.64. The molecule has 1 fully saturated rings. The van der Waals surface area contributed by atoms with E-state index in [9.17, 15) is 4.79 Å². The zero-order valence-corrected chi connectivity index (χ0v) is 14.1. The van der Waals surface area contributed by atoms with Gasteiger partial charge in [0.1, 0.15) is 0 Å². The first-order valence-corrected chi connectivity index (χ1v) is 7.83. The fourth-order valence-corrected chi connectivity index (χ4v) is 2.86. The molecule has 1 aromatic carbocycles. The van der Waals surface area contributed by atoms with Gasteiger partial charge in [0, 0.05) is 30.6 Å². The van der Waals surface area contributed by atoms with Gasteiger partial charge in [-0.3, -0.25) is 4.79 Å². The van der Waals surface area contributed by atoms with Gasteiger partial charge in [0.05, 0.1) is 0 Å². The predicted molar refractivity (Wildman–Crippen MR) is 90.0 cm³/mol. The maximum Gasteiger partial charge on any atom is 0.222 e. The molecule has 1 aliphatic rings. The van der Waals surface area contributed by atoms with Crippen LogP contribution in [-0.2, 0) is 11.3 Å². The van der Waals surface area contributed by atoms with E-state index in [0.717, 1.165) is 30.1 Å². The minimum Gasteiger partial charge on any atom is -0.339 e. The van der Waals surface area contributed by atoms with Crippen molar-refractivity contribution in [3.8, 4) is 0 Å². The number of carbonyl (C=O) groups excluding carboxylic acids is 1. The molecule has 1 N–H and O–H groups in total. The van der Waals surface area contributed by atoms with Crippen molar-refractivity contribution < 1.29 is 4.79 Å². The molecule has 1 aliphatic heterocycles. The van der Waals surface area contributed by atoms with Gasteiger partial charge in [-0.2, -0.15) is 0 Å². The molecule has 1 unspecified atom stereocenters. The van der Waals surface area contributed by atoms with Crippen LogP contribution in [0.5, 0.6) is 0 Å². The van der Waals surface area contributed by atoms with E-state index in [1.165, 1.54) is 12.8 Å². The van der Waals surface area contributed by atoms with Crippen molar-refractivity contribution in [3.63, 3.8) is 0 Å². The van der Waals surface area contributed by atoms with Crippen LogP contribution in [0.1, 0.15) is 38.2 Å². The standard InChI is InChI=1S/C16H23ClN2O.ClH/c1-2-19(12-13-6-3-4-8-15(13)17)16(20)10-9-14-7-5-11-18-14;/h3-4,6,8,14,18H,2,5,7,9-12H2,1H3;1H. The lowest BCUT2D eigenvalue weighted by Gasteiger charge is -2.22. The number of nitrogens with one attached hydrogen (secondary N) is 1. The van der Waals surface area contributed by atoms with Gasteiger partial charge in [0.25, 0.3) is 0 Å². The average molecular weight is 331 g/mol. The van der Waals surface area contributed by atoms with Gasteiger partial charge >= 0.3 is 0 Å². The lowest BCUT2D eigenvalue weighted by molar-refractivity contribution is -0.131. The first kappa shape index (κ1) is 18.3. The maximum atomic E-state index is 12.3. The molecule has 0 spiro atoms. The molecule has 1 saturated heterocycles. The Morgan fingerprint density at radius 2 is 2.19 bits per heavy atom. The fraction of sp³-hybridized carbons (Fsp3) is 0.562. The van der Waals surface area contributed by atoms with Crippen molar-refractivity contribution in [2.75, 3.05) is 13.1 Å².